The van der Waals surface area contributed by atoms with E-state index in [0.717, 1.165) is 34.0 Å². The average Bonchev–Trinajstić information content (AvgIpc) is 3.08. The van der Waals surface area contributed by atoms with Crippen LogP contribution in [0.3, 0.4) is 0 Å². The van der Waals surface area contributed by atoms with Crippen LogP contribution in [0.4, 0.5) is 14.9 Å². The molecule has 1 heterocycles. The molecule has 3 aromatic carbocycles. The largest absolute Gasteiger partial charge is 0.327 e. The van der Waals surface area contributed by atoms with Gasteiger partial charge in [-0.2, -0.15) is 0 Å². The van der Waals surface area contributed by atoms with Crippen molar-refractivity contribution in [2.75, 3.05) is 5.32 Å². The number of nitrogens with zero attached hydrogens (tertiary/aromatic N) is 1. The number of hydrogen-bond donors (Lipinski definition) is 2. The van der Waals surface area contributed by atoms with Gasteiger partial charge in [0.2, 0.25) is 0 Å². The molecule has 1 aromatic heterocycles. The van der Waals surface area contributed by atoms with Crippen molar-refractivity contribution in [3.05, 3.63) is 108 Å². The summed E-state index contributed by atoms with van der Waals surface area (Å²) in [5.41, 5.74) is 5.91. The molecule has 0 aliphatic heterocycles. The van der Waals surface area contributed by atoms with Gasteiger partial charge >= 0.3 is 6.03 Å². The molecule has 0 spiro atoms. The molecule has 0 atom stereocenters. The summed E-state index contributed by atoms with van der Waals surface area (Å²) in [4.78, 5) is 17.1. The first kappa shape index (κ1) is 18.1. The van der Waals surface area contributed by atoms with E-state index in [1.165, 1.54) is 6.07 Å². The number of amides is 2. The number of hydrogen-bond acceptors (Lipinski definition) is 2. The number of pyridine rings is 1. The standard InChI is InChI=1S/C25H18FN3O/c26-17-14-22(23(27-15-17)16-8-2-1-3-9-16)28-25(30)29-24-20-12-6-4-10-18(20)19-11-5-7-13-21(19)24/h1-15,24H,(H2,28,29,30). The summed E-state index contributed by atoms with van der Waals surface area (Å²) in [5.74, 6) is -0.512. The van der Waals surface area contributed by atoms with Crippen LogP contribution >= 0.6 is 0 Å². The molecule has 2 amide bonds. The molecule has 4 aromatic rings. The van der Waals surface area contributed by atoms with Crippen LogP contribution in [0.1, 0.15) is 17.2 Å². The van der Waals surface area contributed by atoms with Gasteiger partial charge in [-0.05, 0) is 22.3 Å². The highest BCUT2D eigenvalue weighted by atomic mass is 19.1. The SMILES string of the molecule is O=C(Nc1cc(F)cnc1-c1ccccc1)NC1c2ccccc2-c2ccccc21. The Morgan fingerprint density at radius 1 is 0.833 bits per heavy atom. The first-order chi connectivity index (χ1) is 14.7. The third-order valence-electron chi connectivity index (χ3n) is 5.26. The quantitative estimate of drug-likeness (QED) is 0.462. The third-order valence-corrected chi connectivity index (χ3v) is 5.26. The Labute approximate surface area is 173 Å². The van der Waals surface area contributed by atoms with Gasteiger partial charge in [0.1, 0.15) is 5.82 Å². The fourth-order valence-electron chi connectivity index (χ4n) is 3.96. The molecule has 5 heteroatoms. The van der Waals surface area contributed by atoms with E-state index in [2.05, 4.69) is 27.8 Å². The lowest BCUT2D eigenvalue weighted by Crippen LogP contribution is -2.32. The van der Waals surface area contributed by atoms with Crippen molar-refractivity contribution in [1.82, 2.24) is 10.3 Å². The molecule has 1 aliphatic rings. The fraction of sp³-hybridized carbons (Fsp3) is 0.0400. The van der Waals surface area contributed by atoms with E-state index in [9.17, 15) is 9.18 Å². The Bertz CT molecular complexity index is 1190. The smallest absolute Gasteiger partial charge is 0.320 e. The fourth-order valence-corrected chi connectivity index (χ4v) is 3.96. The Balaban J connectivity index is 1.45. The molecule has 0 unspecified atom stereocenters. The predicted octanol–water partition coefficient (Wildman–Crippen LogP) is 5.78. The van der Waals surface area contributed by atoms with E-state index in [-0.39, 0.29) is 6.04 Å². The number of fused-ring (bicyclic) bond motifs is 3. The van der Waals surface area contributed by atoms with Crippen LogP contribution < -0.4 is 10.6 Å². The van der Waals surface area contributed by atoms with Gasteiger partial charge in [0.25, 0.3) is 0 Å². The predicted molar refractivity (Wildman–Crippen MR) is 116 cm³/mol. The number of benzene rings is 3. The van der Waals surface area contributed by atoms with Crippen molar-refractivity contribution >= 4 is 11.7 Å². The average molecular weight is 395 g/mol. The second kappa shape index (κ2) is 7.44. The van der Waals surface area contributed by atoms with Crippen molar-refractivity contribution in [3.8, 4) is 22.4 Å². The highest BCUT2D eigenvalue weighted by molar-refractivity contribution is 5.94. The zero-order valence-electron chi connectivity index (χ0n) is 16.0. The lowest BCUT2D eigenvalue weighted by Gasteiger charge is -2.17. The number of carbonyl (C=O) groups excluding carboxylic acids is 1. The molecule has 0 saturated carbocycles. The molecule has 4 nitrogen and oxygen atoms in total. The van der Waals surface area contributed by atoms with Gasteiger partial charge in [-0.3, -0.25) is 4.98 Å². The first-order valence-corrected chi connectivity index (χ1v) is 9.67. The van der Waals surface area contributed by atoms with Gasteiger partial charge < -0.3 is 10.6 Å². The summed E-state index contributed by atoms with van der Waals surface area (Å²) in [6.07, 6.45) is 1.15. The van der Waals surface area contributed by atoms with E-state index >= 15 is 0 Å². The van der Waals surface area contributed by atoms with Gasteiger partial charge in [-0.25, -0.2) is 9.18 Å². The summed E-state index contributed by atoms with van der Waals surface area (Å²) in [5, 5.41) is 5.82. The zero-order valence-corrected chi connectivity index (χ0v) is 16.0. The normalized spacial score (nSPS) is 12.2. The summed E-state index contributed by atoms with van der Waals surface area (Å²) >= 11 is 0. The van der Waals surface area contributed by atoms with Crippen LogP contribution in [0, 0.1) is 5.82 Å². The summed E-state index contributed by atoms with van der Waals surface area (Å²) < 4.78 is 13.9. The monoisotopic (exact) mass is 395 g/mol. The maximum Gasteiger partial charge on any atom is 0.320 e. The number of urea groups is 1. The van der Waals surface area contributed by atoms with E-state index in [0.29, 0.717) is 11.4 Å². The van der Waals surface area contributed by atoms with Gasteiger partial charge in [0.15, 0.2) is 0 Å². The zero-order chi connectivity index (χ0) is 20.5. The van der Waals surface area contributed by atoms with E-state index in [1.54, 1.807) is 0 Å². The molecule has 0 radical (unpaired) electrons. The van der Waals surface area contributed by atoms with Crippen molar-refractivity contribution in [2.24, 2.45) is 0 Å². The molecule has 5 rings (SSSR count). The Hall–Kier alpha value is -3.99. The minimum atomic E-state index is -0.512. The van der Waals surface area contributed by atoms with Gasteiger partial charge in [0.05, 0.1) is 23.6 Å². The number of rotatable bonds is 3. The van der Waals surface area contributed by atoms with Crippen LogP contribution in [0.25, 0.3) is 22.4 Å². The van der Waals surface area contributed by atoms with Crippen LogP contribution in [-0.4, -0.2) is 11.0 Å². The lowest BCUT2D eigenvalue weighted by molar-refractivity contribution is 0.250. The van der Waals surface area contributed by atoms with Crippen molar-refractivity contribution in [1.29, 1.82) is 0 Å². The number of aromatic nitrogens is 1. The molecule has 30 heavy (non-hydrogen) atoms. The van der Waals surface area contributed by atoms with Gasteiger partial charge in [-0.1, -0.05) is 78.9 Å². The molecular weight excluding hydrogens is 377 g/mol. The molecule has 1 aliphatic carbocycles. The molecule has 2 N–H and O–H groups in total. The van der Waals surface area contributed by atoms with Crippen molar-refractivity contribution in [3.63, 3.8) is 0 Å². The van der Waals surface area contributed by atoms with E-state index in [1.807, 2.05) is 66.7 Å². The lowest BCUT2D eigenvalue weighted by atomic mass is 10.1. The topological polar surface area (TPSA) is 54.0 Å². The van der Waals surface area contributed by atoms with Crippen LogP contribution in [0.5, 0.6) is 0 Å². The van der Waals surface area contributed by atoms with Crippen LogP contribution in [0.15, 0.2) is 91.1 Å². The first-order valence-electron chi connectivity index (χ1n) is 9.67. The molecule has 146 valence electrons. The van der Waals surface area contributed by atoms with Crippen molar-refractivity contribution < 1.29 is 9.18 Å². The summed E-state index contributed by atoms with van der Waals surface area (Å²) in [7, 11) is 0. The highest BCUT2D eigenvalue weighted by Gasteiger charge is 2.29. The second-order valence-electron chi connectivity index (χ2n) is 7.12. The van der Waals surface area contributed by atoms with E-state index in [4.69, 9.17) is 0 Å². The summed E-state index contributed by atoms with van der Waals surface area (Å²) in [6.45, 7) is 0. The summed E-state index contributed by atoms with van der Waals surface area (Å²) in [6, 6.07) is 26.0. The third kappa shape index (κ3) is 3.20. The van der Waals surface area contributed by atoms with E-state index < -0.39 is 11.8 Å². The van der Waals surface area contributed by atoms with Crippen LogP contribution in [0.2, 0.25) is 0 Å². The number of halogens is 1. The minimum absolute atomic E-state index is 0.279. The van der Waals surface area contributed by atoms with Gasteiger partial charge in [-0.15, -0.1) is 0 Å². The molecule has 0 saturated heterocycles. The number of carbonyl (C=O) groups is 1. The van der Waals surface area contributed by atoms with Crippen molar-refractivity contribution in [2.45, 2.75) is 6.04 Å². The van der Waals surface area contributed by atoms with Crippen LogP contribution in [-0.2, 0) is 0 Å². The minimum Gasteiger partial charge on any atom is -0.327 e. The second-order valence-corrected chi connectivity index (χ2v) is 7.12. The maximum absolute atomic E-state index is 13.9. The molecule has 0 fully saturated rings. The highest BCUT2D eigenvalue weighted by Crippen LogP contribution is 2.43. The number of anilines is 1. The Kier molecular flexibility index (Phi) is 4.48. The maximum atomic E-state index is 13.9. The molecule has 0 bridgehead atoms. The van der Waals surface area contributed by atoms with Gasteiger partial charge in [0, 0.05) is 11.6 Å². The Morgan fingerprint density at radius 2 is 1.43 bits per heavy atom. The molecular formula is C25H18FN3O. The Morgan fingerprint density at radius 3 is 2.10 bits per heavy atom. The number of nitrogens with one attached hydrogen (secondary N) is 2.